The van der Waals surface area contributed by atoms with Gasteiger partial charge in [-0.05, 0) is 68.3 Å². The van der Waals surface area contributed by atoms with E-state index in [0.29, 0.717) is 37.9 Å². The molecule has 1 aromatic carbocycles. The molecule has 3 rings (SSSR count). The van der Waals surface area contributed by atoms with E-state index in [1.54, 1.807) is 4.90 Å². The standard InChI is InChI=1S/C23H29F3N2O4/c24-23(25,26)22(31)32-14-9-16-7-12-28(13-8-16)21(30)4-3-20(29)19-2-1-17-5-10-27-11-6-18(17)15-19/h1-2,15-16,27H,3-14H2. The van der Waals surface area contributed by atoms with E-state index in [2.05, 4.69) is 10.1 Å². The number of alkyl halides is 3. The quantitative estimate of drug-likeness (QED) is 0.506. The smallest absolute Gasteiger partial charge is 0.459 e. The average molecular weight is 454 g/mol. The summed E-state index contributed by atoms with van der Waals surface area (Å²) in [4.78, 5) is 37.5. The van der Waals surface area contributed by atoms with Crippen molar-refractivity contribution in [1.82, 2.24) is 10.2 Å². The van der Waals surface area contributed by atoms with Crippen molar-refractivity contribution in [2.24, 2.45) is 5.92 Å². The summed E-state index contributed by atoms with van der Waals surface area (Å²) in [6.07, 6.45) is -1.21. The van der Waals surface area contributed by atoms with Gasteiger partial charge in [0, 0.05) is 31.5 Å². The second-order valence-corrected chi connectivity index (χ2v) is 8.40. The second-order valence-electron chi connectivity index (χ2n) is 8.40. The maximum absolute atomic E-state index is 12.6. The summed E-state index contributed by atoms with van der Waals surface area (Å²) in [7, 11) is 0. The molecule has 0 unspecified atom stereocenters. The molecule has 0 atom stereocenters. The van der Waals surface area contributed by atoms with Gasteiger partial charge in [-0.3, -0.25) is 9.59 Å². The first kappa shape index (κ1) is 24.2. The maximum atomic E-state index is 12.6. The van der Waals surface area contributed by atoms with E-state index in [-0.39, 0.29) is 37.1 Å². The van der Waals surface area contributed by atoms with E-state index in [0.717, 1.165) is 25.9 Å². The van der Waals surface area contributed by atoms with Gasteiger partial charge in [0.2, 0.25) is 5.91 Å². The molecule has 1 amide bonds. The highest BCUT2D eigenvalue weighted by atomic mass is 19.4. The molecule has 2 heterocycles. The van der Waals surface area contributed by atoms with E-state index >= 15 is 0 Å². The van der Waals surface area contributed by atoms with Gasteiger partial charge in [0.05, 0.1) is 6.61 Å². The lowest BCUT2D eigenvalue weighted by atomic mass is 9.93. The largest absolute Gasteiger partial charge is 0.490 e. The summed E-state index contributed by atoms with van der Waals surface area (Å²) in [6.45, 7) is 2.55. The zero-order valence-corrected chi connectivity index (χ0v) is 18.0. The molecule has 6 nitrogen and oxygen atoms in total. The molecule has 1 saturated heterocycles. The maximum Gasteiger partial charge on any atom is 0.490 e. The van der Waals surface area contributed by atoms with E-state index in [1.165, 1.54) is 11.1 Å². The van der Waals surface area contributed by atoms with Gasteiger partial charge in [0.15, 0.2) is 5.78 Å². The fourth-order valence-corrected chi connectivity index (χ4v) is 4.24. The average Bonchev–Trinajstić information content (AvgIpc) is 3.02. The van der Waals surface area contributed by atoms with E-state index in [4.69, 9.17) is 0 Å². The summed E-state index contributed by atoms with van der Waals surface area (Å²) in [5, 5.41) is 3.34. The summed E-state index contributed by atoms with van der Waals surface area (Å²) < 4.78 is 40.7. The summed E-state index contributed by atoms with van der Waals surface area (Å²) >= 11 is 0. The summed E-state index contributed by atoms with van der Waals surface area (Å²) in [5.41, 5.74) is 3.10. The van der Waals surface area contributed by atoms with Crippen LogP contribution in [0.5, 0.6) is 0 Å². The second kappa shape index (κ2) is 10.9. The van der Waals surface area contributed by atoms with Gasteiger partial charge in [0.25, 0.3) is 0 Å². The molecular formula is C23H29F3N2O4. The lowest BCUT2D eigenvalue weighted by Gasteiger charge is -2.32. The van der Waals surface area contributed by atoms with Crippen LogP contribution in [0.2, 0.25) is 0 Å². The number of halogens is 3. The Morgan fingerprint density at radius 3 is 2.41 bits per heavy atom. The van der Waals surface area contributed by atoms with Crippen LogP contribution < -0.4 is 5.32 Å². The third kappa shape index (κ3) is 6.79. The predicted molar refractivity (Wildman–Crippen MR) is 111 cm³/mol. The third-order valence-electron chi connectivity index (χ3n) is 6.19. The monoisotopic (exact) mass is 454 g/mol. The van der Waals surface area contributed by atoms with E-state index in [9.17, 15) is 27.6 Å². The number of amides is 1. The molecule has 0 saturated carbocycles. The Morgan fingerprint density at radius 2 is 1.72 bits per heavy atom. The molecule has 32 heavy (non-hydrogen) atoms. The Balaban J connectivity index is 1.38. The van der Waals surface area contributed by atoms with E-state index in [1.807, 2.05) is 18.2 Å². The van der Waals surface area contributed by atoms with Crippen LogP contribution in [0.25, 0.3) is 0 Å². The van der Waals surface area contributed by atoms with Crippen LogP contribution in [-0.2, 0) is 27.2 Å². The molecular weight excluding hydrogens is 425 g/mol. The van der Waals surface area contributed by atoms with Crippen LogP contribution in [0.3, 0.4) is 0 Å². The van der Waals surface area contributed by atoms with Crippen LogP contribution in [-0.4, -0.2) is 61.5 Å². The molecule has 1 aromatic rings. The van der Waals surface area contributed by atoms with Crippen molar-refractivity contribution in [3.63, 3.8) is 0 Å². The van der Waals surface area contributed by atoms with E-state index < -0.39 is 12.1 Å². The van der Waals surface area contributed by atoms with Gasteiger partial charge < -0.3 is 15.0 Å². The number of esters is 1. The van der Waals surface area contributed by atoms with Gasteiger partial charge in [-0.1, -0.05) is 12.1 Å². The number of ether oxygens (including phenoxy) is 1. The molecule has 0 aliphatic carbocycles. The predicted octanol–water partition coefficient (Wildman–Crippen LogP) is 3.07. The van der Waals surface area contributed by atoms with Crippen LogP contribution in [0.15, 0.2) is 18.2 Å². The summed E-state index contributed by atoms with van der Waals surface area (Å²) in [6, 6.07) is 5.80. The van der Waals surface area contributed by atoms with Crippen molar-refractivity contribution in [1.29, 1.82) is 0 Å². The van der Waals surface area contributed by atoms with Gasteiger partial charge in [-0.15, -0.1) is 0 Å². The van der Waals surface area contributed by atoms with Crippen LogP contribution in [0.1, 0.15) is 53.6 Å². The highest BCUT2D eigenvalue weighted by Crippen LogP contribution is 2.23. The van der Waals surface area contributed by atoms with Gasteiger partial charge >= 0.3 is 12.1 Å². The van der Waals surface area contributed by atoms with Crippen LogP contribution >= 0.6 is 0 Å². The number of rotatable bonds is 7. The van der Waals surface area contributed by atoms with Crippen molar-refractivity contribution in [2.45, 2.75) is 51.1 Å². The van der Waals surface area contributed by atoms with Crippen molar-refractivity contribution >= 4 is 17.7 Å². The van der Waals surface area contributed by atoms with Crippen molar-refractivity contribution in [2.75, 3.05) is 32.8 Å². The Labute approximate surface area is 185 Å². The number of Topliss-reactive ketones (excluding diaryl/α,β-unsaturated/α-hetero) is 1. The number of benzene rings is 1. The number of hydrogen-bond donors (Lipinski definition) is 1. The van der Waals surface area contributed by atoms with Gasteiger partial charge in [-0.25, -0.2) is 4.79 Å². The van der Waals surface area contributed by atoms with Crippen molar-refractivity contribution in [3.8, 4) is 0 Å². The minimum Gasteiger partial charge on any atom is -0.459 e. The number of nitrogens with one attached hydrogen (secondary N) is 1. The Kier molecular flexibility index (Phi) is 8.28. The fourth-order valence-electron chi connectivity index (χ4n) is 4.24. The zero-order chi connectivity index (χ0) is 23.1. The fraction of sp³-hybridized carbons (Fsp3) is 0.609. The number of nitrogens with zero attached hydrogens (tertiary/aromatic N) is 1. The normalized spacial score (nSPS) is 17.4. The molecule has 0 spiro atoms. The number of likely N-dealkylation sites (tertiary alicyclic amines) is 1. The lowest BCUT2D eigenvalue weighted by molar-refractivity contribution is -0.200. The number of piperidine rings is 1. The number of carbonyl (C=O) groups is 3. The minimum atomic E-state index is -4.97. The number of hydrogen-bond acceptors (Lipinski definition) is 5. The highest BCUT2D eigenvalue weighted by molar-refractivity contribution is 5.98. The number of carbonyl (C=O) groups excluding carboxylic acids is 3. The molecule has 0 radical (unpaired) electrons. The van der Waals surface area contributed by atoms with Crippen molar-refractivity contribution < 1.29 is 32.3 Å². The minimum absolute atomic E-state index is 0.0419. The van der Waals surface area contributed by atoms with Crippen molar-refractivity contribution in [3.05, 3.63) is 34.9 Å². The molecule has 2 aliphatic heterocycles. The molecule has 176 valence electrons. The molecule has 0 bridgehead atoms. The van der Waals surface area contributed by atoms with Gasteiger partial charge in [0.1, 0.15) is 0 Å². The van der Waals surface area contributed by atoms with Crippen LogP contribution in [0, 0.1) is 5.92 Å². The molecule has 9 heteroatoms. The van der Waals surface area contributed by atoms with Gasteiger partial charge in [-0.2, -0.15) is 13.2 Å². The third-order valence-corrected chi connectivity index (χ3v) is 6.19. The molecule has 1 N–H and O–H groups in total. The number of ketones is 1. The molecule has 0 aromatic heterocycles. The first-order chi connectivity index (χ1) is 15.2. The highest BCUT2D eigenvalue weighted by Gasteiger charge is 2.40. The first-order valence-electron chi connectivity index (χ1n) is 11.1. The molecule has 2 aliphatic rings. The topological polar surface area (TPSA) is 75.7 Å². The zero-order valence-electron chi connectivity index (χ0n) is 18.0. The SMILES string of the molecule is O=C(CCC(=O)N1CCC(CCOC(=O)C(F)(F)F)CC1)c1ccc2c(c1)CCNCC2. The number of fused-ring (bicyclic) bond motifs is 1. The summed E-state index contributed by atoms with van der Waals surface area (Å²) in [5.74, 6) is -2.18. The Morgan fingerprint density at radius 1 is 1.03 bits per heavy atom. The first-order valence-corrected chi connectivity index (χ1v) is 11.1. The van der Waals surface area contributed by atoms with Crippen LogP contribution in [0.4, 0.5) is 13.2 Å². The lowest BCUT2D eigenvalue weighted by Crippen LogP contribution is -2.39. The molecule has 1 fully saturated rings. The Bertz CT molecular complexity index is 833. The Hall–Kier alpha value is -2.42.